The van der Waals surface area contributed by atoms with Crippen LogP contribution in [0.25, 0.3) is 0 Å². The van der Waals surface area contributed by atoms with E-state index in [1.165, 1.54) is 28.4 Å². The highest BCUT2D eigenvalue weighted by Crippen LogP contribution is 2.33. The molecule has 9 heteroatoms. The van der Waals surface area contributed by atoms with E-state index in [2.05, 4.69) is 10.1 Å². The molecule has 1 aliphatic rings. The molecule has 3 heterocycles. The number of ether oxygens (including phenoxy) is 2. The Hall–Kier alpha value is -1.84. The second-order valence-electron chi connectivity index (χ2n) is 4.43. The maximum absolute atomic E-state index is 10.6. The summed E-state index contributed by atoms with van der Waals surface area (Å²) in [6, 6.07) is 0. The van der Waals surface area contributed by atoms with Crippen LogP contribution in [0.15, 0.2) is 18.6 Å². The summed E-state index contributed by atoms with van der Waals surface area (Å²) in [6.45, 7) is 3.37. The standard InChI is InChI=1S/C11H12N4O4S/c1-11(18-2-3-19-11)10-12-5-9(20-10)7-14-6-8(4-13-14)15(16)17/h4-6H,2-3,7H2,1H3. The van der Waals surface area contributed by atoms with Crippen LogP contribution in [0.4, 0.5) is 5.69 Å². The van der Waals surface area contributed by atoms with E-state index in [1.807, 2.05) is 6.92 Å². The second-order valence-corrected chi connectivity index (χ2v) is 5.54. The van der Waals surface area contributed by atoms with Gasteiger partial charge in [0.1, 0.15) is 12.4 Å². The Kier molecular flexibility index (Phi) is 3.24. The van der Waals surface area contributed by atoms with Crippen LogP contribution in [-0.4, -0.2) is 32.9 Å². The van der Waals surface area contributed by atoms with Crippen LogP contribution < -0.4 is 0 Å². The summed E-state index contributed by atoms with van der Waals surface area (Å²) in [5, 5.41) is 15.3. The van der Waals surface area contributed by atoms with Gasteiger partial charge in [0.05, 0.1) is 24.7 Å². The molecule has 2 aromatic heterocycles. The van der Waals surface area contributed by atoms with Crippen LogP contribution in [0.3, 0.4) is 0 Å². The van der Waals surface area contributed by atoms with E-state index in [1.54, 1.807) is 6.20 Å². The molecule has 1 saturated heterocycles. The van der Waals surface area contributed by atoms with Crippen LogP contribution in [0.2, 0.25) is 0 Å². The molecule has 0 N–H and O–H groups in total. The maximum atomic E-state index is 10.6. The van der Waals surface area contributed by atoms with E-state index < -0.39 is 10.7 Å². The highest BCUT2D eigenvalue weighted by Gasteiger charge is 2.36. The average Bonchev–Trinajstić information content (AvgIpc) is 3.10. The molecule has 0 radical (unpaired) electrons. The largest absolute Gasteiger partial charge is 0.342 e. The fourth-order valence-corrected chi connectivity index (χ4v) is 2.88. The molecule has 0 saturated carbocycles. The van der Waals surface area contributed by atoms with E-state index in [0.29, 0.717) is 19.8 Å². The molecule has 8 nitrogen and oxygen atoms in total. The molecule has 0 bridgehead atoms. The third-order valence-electron chi connectivity index (χ3n) is 2.93. The third-order valence-corrected chi connectivity index (χ3v) is 4.09. The van der Waals surface area contributed by atoms with Crippen molar-refractivity contribution < 1.29 is 14.4 Å². The molecule has 3 rings (SSSR count). The van der Waals surface area contributed by atoms with E-state index in [9.17, 15) is 10.1 Å². The topological polar surface area (TPSA) is 92.3 Å². The van der Waals surface area contributed by atoms with Gasteiger partial charge in [-0.25, -0.2) is 4.98 Å². The summed E-state index contributed by atoms with van der Waals surface area (Å²) in [5.74, 6) is -0.779. The van der Waals surface area contributed by atoms with Gasteiger partial charge in [0.25, 0.3) is 0 Å². The van der Waals surface area contributed by atoms with Crippen LogP contribution in [0.5, 0.6) is 0 Å². The number of nitro groups is 1. The first kappa shape index (κ1) is 13.2. The summed E-state index contributed by atoms with van der Waals surface area (Å²) >= 11 is 1.45. The van der Waals surface area contributed by atoms with Gasteiger partial charge in [-0.05, 0) is 6.92 Å². The number of rotatable bonds is 4. The molecule has 106 valence electrons. The van der Waals surface area contributed by atoms with Gasteiger partial charge in [-0.3, -0.25) is 14.8 Å². The van der Waals surface area contributed by atoms with Crippen LogP contribution >= 0.6 is 11.3 Å². The van der Waals surface area contributed by atoms with Crippen molar-refractivity contribution in [2.75, 3.05) is 13.2 Å². The summed E-state index contributed by atoms with van der Waals surface area (Å²) in [7, 11) is 0. The monoisotopic (exact) mass is 296 g/mol. The predicted octanol–water partition coefficient (Wildman–Crippen LogP) is 1.52. The van der Waals surface area contributed by atoms with E-state index in [4.69, 9.17) is 9.47 Å². The SMILES string of the molecule is CC1(c2ncc(Cn3cc([N+](=O)[O-])cn3)s2)OCCO1. The van der Waals surface area contributed by atoms with Crippen LogP contribution in [0, 0.1) is 10.1 Å². The second kappa shape index (κ2) is 4.93. The van der Waals surface area contributed by atoms with Gasteiger partial charge < -0.3 is 9.47 Å². The molecule has 0 spiro atoms. The Morgan fingerprint density at radius 2 is 2.25 bits per heavy atom. The number of nitrogens with zero attached hydrogens (tertiary/aromatic N) is 4. The molecule has 0 unspecified atom stereocenters. The molecule has 0 amide bonds. The Balaban J connectivity index is 1.75. The van der Waals surface area contributed by atoms with Gasteiger partial charge in [0, 0.05) is 11.1 Å². The Labute approximate surface area is 118 Å². The maximum Gasteiger partial charge on any atom is 0.307 e. The van der Waals surface area contributed by atoms with Crippen molar-refractivity contribution in [2.24, 2.45) is 0 Å². The molecular formula is C11H12N4O4S. The van der Waals surface area contributed by atoms with Crippen molar-refractivity contribution in [3.8, 4) is 0 Å². The Bertz CT molecular complexity index is 632. The lowest BCUT2D eigenvalue weighted by Crippen LogP contribution is -2.21. The normalized spacial score (nSPS) is 17.4. The molecule has 0 atom stereocenters. The Morgan fingerprint density at radius 1 is 1.50 bits per heavy atom. The number of thiazole rings is 1. The number of hydrogen-bond acceptors (Lipinski definition) is 7. The van der Waals surface area contributed by atoms with Crippen molar-refractivity contribution in [1.82, 2.24) is 14.8 Å². The van der Waals surface area contributed by atoms with Crippen LogP contribution in [0.1, 0.15) is 16.8 Å². The van der Waals surface area contributed by atoms with Gasteiger partial charge in [-0.2, -0.15) is 5.10 Å². The minimum Gasteiger partial charge on any atom is -0.342 e. The lowest BCUT2D eigenvalue weighted by Gasteiger charge is -2.18. The summed E-state index contributed by atoms with van der Waals surface area (Å²) in [4.78, 5) is 15.4. The zero-order valence-corrected chi connectivity index (χ0v) is 11.5. The van der Waals surface area contributed by atoms with Crippen molar-refractivity contribution >= 4 is 17.0 Å². The highest BCUT2D eigenvalue weighted by molar-refractivity contribution is 7.11. The zero-order valence-electron chi connectivity index (χ0n) is 10.7. The van der Waals surface area contributed by atoms with Gasteiger partial charge in [0.15, 0.2) is 5.01 Å². The van der Waals surface area contributed by atoms with Crippen molar-refractivity contribution in [3.05, 3.63) is 38.6 Å². The van der Waals surface area contributed by atoms with Gasteiger partial charge in [-0.1, -0.05) is 0 Å². The predicted molar refractivity (Wildman–Crippen MR) is 69.4 cm³/mol. The van der Waals surface area contributed by atoms with Gasteiger partial charge in [0.2, 0.25) is 5.79 Å². The van der Waals surface area contributed by atoms with Crippen molar-refractivity contribution in [1.29, 1.82) is 0 Å². The quantitative estimate of drug-likeness (QED) is 0.627. The van der Waals surface area contributed by atoms with Crippen LogP contribution in [-0.2, 0) is 21.8 Å². The number of aromatic nitrogens is 3. The fraction of sp³-hybridized carbons (Fsp3) is 0.455. The van der Waals surface area contributed by atoms with E-state index in [0.717, 1.165) is 9.88 Å². The lowest BCUT2D eigenvalue weighted by molar-refractivity contribution is -0.385. The first-order valence-corrected chi connectivity index (χ1v) is 6.78. The molecule has 1 fully saturated rings. The fourth-order valence-electron chi connectivity index (χ4n) is 1.92. The zero-order chi connectivity index (χ0) is 14.2. The lowest BCUT2D eigenvalue weighted by atomic mass is 10.3. The third kappa shape index (κ3) is 2.42. The minimum atomic E-state index is -0.779. The van der Waals surface area contributed by atoms with E-state index >= 15 is 0 Å². The van der Waals surface area contributed by atoms with Crippen molar-refractivity contribution in [3.63, 3.8) is 0 Å². The average molecular weight is 296 g/mol. The first-order valence-electron chi connectivity index (χ1n) is 5.97. The van der Waals surface area contributed by atoms with E-state index in [-0.39, 0.29) is 5.69 Å². The molecule has 1 aliphatic heterocycles. The highest BCUT2D eigenvalue weighted by atomic mass is 32.1. The Morgan fingerprint density at radius 3 is 2.90 bits per heavy atom. The minimum absolute atomic E-state index is 0.0239. The first-order chi connectivity index (χ1) is 9.57. The molecule has 20 heavy (non-hydrogen) atoms. The summed E-state index contributed by atoms with van der Waals surface area (Å²) in [5.41, 5.74) is -0.0239. The van der Waals surface area contributed by atoms with Crippen molar-refractivity contribution in [2.45, 2.75) is 19.3 Å². The smallest absolute Gasteiger partial charge is 0.307 e. The van der Waals surface area contributed by atoms with Gasteiger partial charge >= 0.3 is 5.69 Å². The summed E-state index contributed by atoms with van der Waals surface area (Å²) in [6.07, 6.45) is 4.33. The number of hydrogen-bond donors (Lipinski definition) is 0. The molecule has 2 aromatic rings. The molecular weight excluding hydrogens is 284 g/mol. The molecule has 0 aliphatic carbocycles. The summed E-state index contributed by atoms with van der Waals surface area (Å²) < 4.78 is 12.6. The van der Waals surface area contributed by atoms with Gasteiger partial charge in [-0.15, -0.1) is 11.3 Å². The molecule has 0 aromatic carbocycles.